The topological polar surface area (TPSA) is 66.4 Å². The quantitative estimate of drug-likeness (QED) is 0.809. The van der Waals surface area contributed by atoms with Crippen LogP contribution >= 0.6 is 15.9 Å². The molecule has 0 radical (unpaired) electrons. The van der Waals surface area contributed by atoms with Crippen LogP contribution in [0, 0.1) is 0 Å². The predicted octanol–water partition coefficient (Wildman–Crippen LogP) is 2.49. The largest absolute Gasteiger partial charge is 0.480 e. The molecule has 2 N–H and O–H groups in total. The Morgan fingerprint density at radius 2 is 1.95 bits per heavy atom. The maximum Gasteiger partial charge on any atom is 0.326 e. The van der Waals surface area contributed by atoms with Crippen LogP contribution in [0.2, 0.25) is 0 Å². The summed E-state index contributed by atoms with van der Waals surface area (Å²) in [5.41, 5.74) is 1.05. The molecule has 0 unspecified atom stereocenters. The Morgan fingerprint density at radius 1 is 1.32 bits per heavy atom. The average molecular weight is 326 g/mol. The second-order valence-electron chi connectivity index (χ2n) is 4.17. The molecule has 0 aliphatic carbocycles. The van der Waals surface area contributed by atoms with E-state index in [1.165, 1.54) is 0 Å². The van der Waals surface area contributed by atoms with Crippen molar-refractivity contribution in [3.63, 3.8) is 0 Å². The second kappa shape index (κ2) is 7.74. The van der Waals surface area contributed by atoms with Crippen molar-refractivity contribution in [2.24, 2.45) is 0 Å². The number of aryl methyl sites for hydroxylation is 1. The van der Waals surface area contributed by atoms with Crippen LogP contribution in [-0.2, 0) is 16.0 Å². The third-order valence-corrected chi connectivity index (χ3v) is 2.87. The van der Waals surface area contributed by atoms with Crippen molar-refractivity contribution in [2.75, 3.05) is 0 Å². The van der Waals surface area contributed by atoms with Gasteiger partial charge in [0.2, 0.25) is 5.91 Å². The molecule has 4 nitrogen and oxygen atoms in total. The fourth-order valence-electron chi connectivity index (χ4n) is 1.59. The van der Waals surface area contributed by atoms with Crippen molar-refractivity contribution >= 4 is 27.8 Å². The number of hydrogen-bond acceptors (Lipinski definition) is 2. The summed E-state index contributed by atoms with van der Waals surface area (Å²) in [6.07, 6.45) is 1.03. The minimum atomic E-state index is -1.06. The summed E-state index contributed by atoms with van der Waals surface area (Å²) in [6.45, 7) is 3.58. The Labute approximate surface area is 120 Å². The molecule has 19 heavy (non-hydrogen) atoms. The van der Waals surface area contributed by atoms with Gasteiger partial charge >= 0.3 is 5.97 Å². The van der Waals surface area contributed by atoms with Gasteiger partial charge in [-0.05, 0) is 16.5 Å². The van der Waals surface area contributed by atoms with Gasteiger partial charge in [-0.1, -0.05) is 52.8 Å². The number of amides is 1. The fourth-order valence-corrected chi connectivity index (χ4v) is 1.91. The lowest BCUT2D eigenvalue weighted by Crippen LogP contribution is -2.40. The van der Waals surface area contributed by atoms with Gasteiger partial charge in [0.25, 0.3) is 0 Å². The van der Waals surface area contributed by atoms with Crippen LogP contribution in [0.3, 0.4) is 0 Å². The maximum absolute atomic E-state index is 11.7. The monoisotopic (exact) mass is 325 g/mol. The molecule has 1 rings (SSSR count). The molecule has 0 saturated carbocycles. The second-order valence-corrected chi connectivity index (χ2v) is 5.29. The lowest BCUT2D eigenvalue weighted by atomic mass is 10.1. The third kappa shape index (κ3) is 6.20. The van der Waals surface area contributed by atoms with E-state index in [1.54, 1.807) is 0 Å². The first kappa shape index (κ1) is 15.4. The summed E-state index contributed by atoms with van der Waals surface area (Å²) in [4.78, 5) is 22.7. The van der Waals surface area contributed by atoms with Crippen LogP contribution in [0.5, 0.6) is 0 Å². The van der Waals surface area contributed by atoms with Crippen molar-refractivity contribution in [1.82, 2.24) is 5.32 Å². The zero-order valence-electron chi connectivity index (χ0n) is 10.4. The molecule has 102 valence electrons. The van der Waals surface area contributed by atoms with Crippen LogP contribution in [0.15, 0.2) is 41.4 Å². The van der Waals surface area contributed by atoms with Gasteiger partial charge in [0.15, 0.2) is 0 Å². The smallest absolute Gasteiger partial charge is 0.326 e. The SMILES string of the molecule is C=C(Br)C[C@H](NC(=O)CCc1ccccc1)C(=O)O. The van der Waals surface area contributed by atoms with Crippen LogP contribution in [-0.4, -0.2) is 23.0 Å². The minimum Gasteiger partial charge on any atom is -0.480 e. The van der Waals surface area contributed by atoms with E-state index >= 15 is 0 Å². The summed E-state index contributed by atoms with van der Waals surface area (Å²) in [5, 5.41) is 11.5. The number of hydrogen-bond donors (Lipinski definition) is 2. The van der Waals surface area contributed by atoms with Gasteiger partial charge in [-0.15, -0.1) is 0 Å². The number of benzene rings is 1. The number of nitrogens with one attached hydrogen (secondary N) is 1. The highest BCUT2D eigenvalue weighted by molar-refractivity contribution is 9.11. The molecule has 1 atom stereocenters. The molecular formula is C14H16BrNO3. The Morgan fingerprint density at radius 3 is 2.47 bits per heavy atom. The molecule has 0 aromatic heterocycles. The van der Waals surface area contributed by atoms with E-state index in [0.29, 0.717) is 10.9 Å². The summed E-state index contributed by atoms with van der Waals surface area (Å²) in [7, 11) is 0. The van der Waals surface area contributed by atoms with E-state index in [9.17, 15) is 9.59 Å². The molecule has 0 aliphatic rings. The highest BCUT2D eigenvalue weighted by Gasteiger charge is 2.19. The number of halogens is 1. The van der Waals surface area contributed by atoms with Gasteiger partial charge in [0, 0.05) is 12.8 Å². The first-order valence-electron chi connectivity index (χ1n) is 5.88. The maximum atomic E-state index is 11.7. The zero-order chi connectivity index (χ0) is 14.3. The number of carbonyl (C=O) groups excluding carboxylic acids is 1. The van der Waals surface area contributed by atoms with Crippen molar-refractivity contribution < 1.29 is 14.7 Å². The summed E-state index contributed by atoms with van der Waals surface area (Å²) in [6, 6.07) is 8.65. The highest BCUT2D eigenvalue weighted by atomic mass is 79.9. The van der Waals surface area contributed by atoms with Crippen molar-refractivity contribution in [2.45, 2.75) is 25.3 Å². The third-order valence-electron chi connectivity index (χ3n) is 2.54. The molecule has 0 heterocycles. The summed E-state index contributed by atoms with van der Waals surface area (Å²) < 4.78 is 0.545. The van der Waals surface area contributed by atoms with E-state index in [1.807, 2.05) is 30.3 Å². The molecule has 0 spiro atoms. The zero-order valence-corrected chi connectivity index (χ0v) is 12.0. The van der Waals surface area contributed by atoms with Gasteiger partial charge in [0.1, 0.15) is 6.04 Å². The Hall–Kier alpha value is -1.62. The van der Waals surface area contributed by atoms with E-state index in [2.05, 4.69) is 27.8 Å². The molecule has 0 aliphatic heterocycles. The van der Waals surface area contributed by atoms with Gasteiger partial charge in [0.05, 0.1) is 0 Å². The molecule has 1 aromatic carbocycles. The molecule has 1 aromatic rings. The van der Waals surface area contributed by atoms with Crippen molar-refractivity contribution in [3.8, 4) is 0 Å². The van der Waals surface area contributed by atoms with E-state index in [-0.39, 0.29) is 18.7 Å². The van der Waals surface area contributed by atoms with Crippen LogP contribution in [0.1, 0.15) is 18.4 Å². The predicted molar refractivity (Wildman–Crippen MR) is 77.0 cm³/mol. The number of aliphatic carboxylic acids is 1. The van der Waals surface area contributed by atoms with E-state index < -0.39 is 12.0 Å². The van der Waals surface area contributed by atoms with Gasteiger partial charge < -0.3 is 10.4 Å². The number of carboxylic acid groups (broad SMARTS) is 1. The summed E-state index contributed by atoms with van der Waals surface area (Å²) in [5.74, 6) is -1.33. The highest BCUT2D eigenvalue weighted by Crippen LogP contribution is 2.10. The van der Waals surface area contributed by atoms with Gasteiger partial charge in [-0.2, -0.15) is 0 Å². The Bertz CT molecular complexity index is 459. The first-order valence-corrected chi connectivity index (χ1v) is 6.67. The van der Waals surface area contributed by atoms with Gasteiger partial charge in [-0.25, -0.2) is 4.79 Å². The average Bonchev–Trinajstić information content (AvgIpc) is 2.36. The Balaban J connectivity index is 2.45. The molecule has 1 amide bonds. The fraction of sp³-hybridized carbons (Fsp3) is 0.286. The molecule has 0 fully saturated rings. The lowest BCUT2D eigenvalue weighted by Gasteiger charge is -2.13. The minimum absolute atomic E-state index is 0.173. The van der Waals surface area contributed by atoms with E-state index in [4.69, 9.17) is 5.11 Å². The molecule has 5 heteroatoms. The van der Waals surface area contributed by atoms with Crippen LogP contribution in [0.25, 0.3) is 0 Å². The normalized spacial score (nSPS) is 11.6. The lowest BCUT2D eigenvalue weighted by molar-refractivity contribution is -0.141. The first-order chi connectivity index (χ1) is 8.99. The standard InChI is InChI=1S/C14H16BrNO3/c1-10(15)9-12(14(18)19)16-13(17)8-7-11-5-3-2-4-6-11/h2-6,12H,1,7-9H2,(H,16,17)(H,18,19)/t12-/m0/s1. The molecule has 0 saturated heterocycles. The number of rotatable bonds is 7. The van der Waals surface area contributed by atoms with E-state index in [0.717, 1.165) is 5.56 Å². The number of carbonyl (C=O) groups is 2. The van der Waals surface area contributed by atoms with Crippen molar-refractivity contribution in [3.05, 3.63) is 47.0 Å². The van der Waals surface area contributed by atoms with Gasteiger partial charge in [-0.3, -0.25) is 4.79 Å². The molecular weight excluding hydrogens is 310 g/mol. The number of carboxylic acids is 1. The Kier molecular flexibility index (Phi) is 6.29. The van der Waals surface area contributed by atoms with Crippen LogP contribution < -0.4 is 5.32 Å². The van der Waals surface area contributed by atoms with Crippen molar-refractivity contribution in [1.29, 1.82) is 0 Å². The molecule has 0 bridgehead atoms. The van der Waals surface area contributed by atoms with Crippen LogP contribution in [0.4, 0.5) is 0 Å². The summed E-state index contributed by atoms with van der Waals surface area (Å²) >= 11 is 3.10.